The zero-order chi connectivity index (χ0) is 20.1. The highest BCUT2D eigenvalue weighted by molar-refractivity contribution is 5.92. The van der Waals surface area contributed by atoms with Crippen LogP contribution in [0.15, 0.2) is 55.0 Å². The number of hydrogen-bond acceptors (Lipinski definition) is 8. The normalized spacial score (nSPS) is 13.8. The molecule has 0 unspecified atom stereocenters. The Balaban J connectivity index is 1.41. The SMILES string of the molecule is COc1cccc(Nc2nccc(C(=O)N3CCN(c4ncccn4)CC3)n2)c1. The summed E-state index contributed by atoms with van der Waals surface area (Å²) in [6.45, 7) is 2.52. The maximum absolute atomic E-state index is 12.9. The minimum Gasteiger partial charge on any atom is -0.497 e. The lowest BCUT2D eigenvalue weighted by molar-refractivity contribution is 0.0740. The predicted octanol–water partition coefficient (Wildman–Crippen LogP) is 1.98. The molecule has 1 fully saturated rings. The number of aromatic nitrogens is 4. The topological polar surface area (TPSA) is 96.4 Å². The zero-order valence-corrected chi connectivity index (χ0v) is 16.0. The summed E-state index contributed by atoms with van der Waals surface area (Å²) >= 11 is 0. The highest BCUT2D eigenvalue weighted by atomic mass is 16.5. The lowest BCUT2D eigenvalue weighted by Gasteiger charge is -2.34. The molecule has 0 saturated carbocycles. The summed E-state index contributed by atoms with van der Waals surface area (Å²) in [6, 6.07) is 10.9. The van der Waals surface area contributed by atoms with Crippen molar-refractivity contribution in [2.75, 3.05) is 43.5 Å². The lowest BCUT2D eigenvalue weighted by Crippen LogP contribution is -2.49. The van der Waals surface area contributed by atoms with Crippen molar-refractivity contribution in [1.29, 1.82) is 0 Å². The molecule has 148 valence electrons. The Labute approximate surface area is 168 Å². The Morgan fingerprint density at radius 2 is 1.79 bits per heavy atom. The molecule has 9 nitrogen and oxygen atoms in total. The number of carbonyl (C=O) groups excluding carboxylic acids is 1. The lowest BCUT2D eigenvalue weighted by atomic mass is 10.2. The first kappa shape index (κ1) is 18.6. The summed E-state index contributed by atoms with van der Waals surface area (Å²) in [6.07, 6.45) is 5.02. The van der Waals surface area contributed by atoms with Crippen molar-refractivity contribution < 1.29 is 9.53 Å². The fourth-order valence-electron chi connectivity index (χ4n) is 3.09. The third-order valence-corrected chi connectivity index (χ3v) is 4.60. The van der Waals surface area contributed by atoms with Gasteiger partial charge in [-0.2, -0.15) is 0 Å². The standard InChI is InChI=1S/C20H21N7O2/c1-29-16-5-2-4-15(14-16)24-19-21-9-6-17(25-19)18(28)26-10-12-27(13-11-26)20-22-7-3-8-23-20/h2-9,14H,10-13H2,1H3,(H,21,24,25). The number of carbonyl (C=O) groups is 1. The van der Waals surface area contributed by atoms with Gasteiger partial charge in [-0.25, -0.2) is 19.9 Å². The van der Waals surface area contributed by atoms with Crippen LogP contribution in [0.25, 0.3) is 0 Å². The van der Waals surface area contributed by atoms with Gasteiger partial charge >= 0.3 is 0 Å². The van der Waals surface area contributed by atoms with E-state index in [4.69, 9.17) is 4.74 Å². The molecule has 1 aromatic carbocycles. The molecule has 3 aromatic rings. The van der Waals surface area contributed by atoms with Gasteiger partial charge in [0, 0.05) is 56.5 Å². The van der Waals surface area contributed by atoms with Gasteiger partial charge in [-0.15, -0.1) is 0 Å². The summed E-state index contributed by atoms with van der Waals surface area (Å²) in [5, 5.41) is 3.11. The largest absolute Gasteiger partial charge is 0.497 e. The van der Waals surface area contributed by atoms with E-state index >= 15 is 0 Å². The Morgan fingerprint density at radius 3 is 2.55 bits per heavy atom. The summed E-state index contributed by atoms with van der Waals surface area (Å²) in [5.74, 6) is 1.66. The van der Waals surface area contributed by atoms with E-state index in [1.165, 1.54) is 0 Å². The maximum atomic E-state index is 12.9. The van der Waals surface area contributed by atoms with Crippen molar-refractivity contribution in [3.63, 3.8) is 0 Å². The van der Waals surface area contributed by atoms with Crippen LogP contribution >= 0.6 is 0 Å². The first-order chi connectivity index (χ1) is 14.2. The summed E-state index contributed by atoms with van der Waals surface area (Å²) in [5.41, 5.74) is 1.14. The second-order valence-corrected chi connectivity index (χ2v) is 6.45. The number of nitrogens with one attached hydrogen (secondary N) is 1. The van der Waals surface area contributed by atoms with E-state index in [0.29, 0.717) is 43.8 Å². The molecule has 0 spiro atoms. The fourth-order valence-corrected chi connectivity index (χ4v) is 3.09. The van der Waals surface area contributed by atoms with Gasteiger partial charge in [0.05, 0.1) is 7.11 Å². The number of nitrogens with zero attached hydrogens (tertiary/aromatic N) is 6. The van der Waals surface area contributed by atoms with E-state index in [0.717, 1.165) is 11.4 Å². The van der Waals surface area contributed by atoms with Gasteiger partial charge in [0.2, 0.25) is 11.9 Å². The van der Waals surface area contributed by atoms with Crippen LogP contribution < -0.4 is 15.0 Å². The number of methoxy groups -OCH3 is 1. The molecule has 2 aromatic heterocycles. The number of piperazine rings is 1. The zero-order valence-electron chi connectivity index (χ0n) is 16.0. The Bertz CT molecular complexity index is 975. The predicted molar refractivity (Wildman–Crippen MR) is 108 cm³/mol. The van der Waals surface area contributed by atoms with Gasteiger partial charge in [0.25, 0.3) is 5.91 Å². The number of hydrogen-bond donors (Lipinski definition) is 1. The van der Waals surface area contributed by atoms with Gasteiger partial charge in [0.15, 0.2) is 0 Å². The van der Waals surface area contributed by atoms with Gasteiger partial charge in [-0.05, 0) is 24.3 Å². The van der Waals surface area contributed by atoms with Gasteiger partial charge in [0.1, 0.15) is 11.4 Å². The molecule has 4 rings (SSSR count). The van der Waals surface area contributed by atoms with Gasteiger partial charge in [-0.1, -0.05) is 6.07 Å². The quantitative estimate of drug-likeness (QED) is 0.705. The fraction of sp³-hybridized carbons (Fsp3) is 0.250. The highest BCUT2D eigenvalue weighted by Gasteiger charge is 2.24. The van der Waals surface area contributed by atoms with Gasteiger partial charge in [-0.3, -0.25) is 4.79 Å². The van der Waals surface area contributed by atoms with Crippen molar-refractivity contribution in [3.8, 4) is 5.75 Å². The Hall–Kier alpha value is -3.75. The summed E-state index contributed by atoms with van der Waals surface area (Å²) in [4.78, 5) is 33.9. The third kappa shape index (κ3) is 4.40. The molecule has 9 heteroatoms. The van der Waals surface area contributed by atoms with Crippen LogP contribution in [0.5, 0.6) is 5.75 Å². The van der Waals surface area contributed by atoms with Crippen LogP contribution in [0.4, 0.5) is 17.6 Å². The molecule has 29 heavy (non-hydrogen) atoms. The van der Waals surface area contributed by atoms with E-state index < -0.39 is 0 Å². The third-order valence-electron chi connectivity index (χ3n) is 4.60. The highest BCUT2D eigenvalue weighted by Crippen LogP contribution is 2.19. The molecular weight excluding hydrogens is 370 g/mol. The van der Waals surface area contributed by atoms with E-state index in [9.17, 15) is 4.79 Å². The molecule has 1 aliphatic heterocycles. The number of amides is 1. The average Bonchev–Trinajstić information content (AvgIpc) is 2.79. The average molecular weight is 391 g/mol. The molecule has 0 aliphatic carbocycles. The second kappa shape index (κ2) is 8.51. The minimum atomic E-state index is -0.116. The molecule has 0 bridgehead atoms. The monoisotopic (exact) mass is 391 g/mol. The van der Waals surface area contributed by atoms with E-state index in [1.807, 2.05) is 24.3 Å². The van der Waals surface area contributed by atoms with E-state index in [-0.39, 0.29) is 5.91 Å². The molecule has 1 N–H and O–H groups in total. The smallest absolute Gasteiger partial charge is 0.272 e. The first-order valence-corrected chi connectivity index (χ1v) is 9.28. The van der Waals surface area contributed by atoms with Crippen molar-refractivity contribution in [2.24, 2.45) is 0 Å². The summed E-state index contributed by atoms with van der Waals surface area (Å²) < 4.78 is 5.22. The number of ether oxygens (including phenoxy) is 1. The molecule has 3 heterocycles. The van der Waals surface area contributed by atoms with Crippen LogP contribution in [0.2, 0.25) is 0 Å². The molecule has 1 amide bonds. The minimum absolute atomic E-state index is 0.116. The van der Waals surface area contributed by atoms with Crippen LogP contribution in [-0.4, -0.2) is 64.0 Å². The van der Waals surface area contributed by atoms with Crippen molar-refractivity contribution in [1.82, 2.24) is 24.8 Å². The Morgan fingerprint density at radius 1 is 1.00 bits per heavy atom. The second-order valence-electron chi connectivity index (χ2n) is 6.45. The van der Waals surface area contributed by atoms with Crippen molar-refractivity contribution in [3.05, 3.63) is 60.7 Å². The molecule has 1 aliphatic rings. The first-order valence-electron chi connectivity index (χ1n) is 9.28. The number of anilines is 3. The van der Waals surface area contributed by atoms with Crippen LogP contribution in [0.1, 0.15) is 10.5 Å². The number of benzene rings is 1. The van der Waals surface area contributed by atoms with Crippen LogP contribution in [0, 0.1) is 0 Å². The van der Waals surface area contributed by atoms with Crippen LogP contribution in [-0.2, 0) is 0 Å². The Kier molecular flexibility index (Phi) is 5.46. The van der Waals surface area contributed by atoms with E-state index in [1.54, 1.807) is 42.7 Å². The molecule has 0 radical (unpaired) electrons. The molecule has 1 saturated heterocycles. The van der Waals surface area contributed by atoms with E-state index in [2.05, 4.69) is 30.2 Å². The molecule has 0 atom stereocenters. The van der Waals surface area contributed by atoms with Crippen molar-refractivity contribution in [2.45, 2.75) is 0 Å². The molecular formula is C20H21N7O2. The van der Waals surface area contributed by atoms with Crippen LogP contribution in [0.3, 0.4) is 0 Å². The summed E-state index contributed by atoms with van der Waals surface area (Å²) in [7, 11) is 1.61. The maximum Gasteiger partial charge on any atom is 0.272 e. The number of rotatable bonds is 5. The van der Waals surface area contributed by atoms with Crippen molar-refractivity contribution >= 4 is 23.5 Å². The van der Waals surface area contributed by atoms with Gasteiger partial charge < -0.3 is 19.9 Å².